The van der Waals surface area contributed by atoms with Gasteiger partial charge in [-0.25, -0.2) is 4.98 Å². The number of hydrogen-bond acceptors (Lipinski definition) is 5. The van der Waals surface area contributed by atoms with Gasteiger partial charge in [-0.2, -0.15) is 0 Å². The quantitative estimate of drug-likeness (QED) is 0.0931. The molecule has 0 bridgehead atoms. The van der Waals surface area contributed by atoms with Crippen molar-refractivity contribution in [1.82, 2.24) is 10.3 Å². The lowest BCUT2D eigenvalue weighted by molar-refractivity contribution is -0.116. The highest BCUT2D eigenvalue weighted by Crippen LogP contribution is 2.43. The monoisotopic (exact) mass is 663 g/mol. The number of fused-ring (bicyclic) bond motifs is 1. The van der Waals surface area contributed by atoms with Gasteiger partial charge in [-0.3, -0.25) is 4.79 Å². The first-order valence-corrected chi connectivity index (χ1v) is 18.8. The first-order chi connectivity index (χ1) is 22.4. The molecule has 1 unspecified atom stereocenters. The molecule has 0 saturated heterocycles. The number of nitrogens with zero attached hydrogens (tertiary/aromatic N) is 1. The van der Waals surface area contributed by atoms with Gasteiger partial charge in [0.25, 0.3) is 0 Å². The number of benzene rings is 1. The Morgan fingerprint density at radius 3 is 2.26 bits per heavy atom. The fraction of sp³-hybridized carbons (Fsp3) is 0.538. The van der Waals surface area contributed by atoms with Crippen LogP contribution in [0.1, 0.15) is 124 Å². The third kappa shape index (κ3) is 11.2. The summed E-state index contributed by atoms with van der Waals surface area (Å²) in [7, 11) is 0. The van der Waals surface area contributed by atoms with Crippen LogP contribution >= 0.6 is 22.9 Å². The predicted octanol–water partition coefficient (Wildman–Crippen LogP) is 10.8. The van der Waals surface area contributed by atoms with Gasteiger partial charge >= 0.3 is 0 Å². The van der Waals surface area contributed by atoms with Gasteiger partial charge in [-0.05, 0) is 79.3 Å². The zero-order valence-corrected chi connectivity index (χ0v) is 29.8. The van der Waals surface area contributed by atoms with Crippen molar-refractivity contribution >= 4 is 40.7 Å². The molecule has 5 nitrogen and oxygen atoms in total. The Morgan fingerprint density at radius 1 is 0.978 bits per heavy atom. The summed E-state index contributed by atoms with van der Waals surface area (Å²) in [6.45, 7) is 7.20. The van der Waals surface area contributed by atoms with Crippen LogP contribution < -0.4 is 15.8 Å². The van der Waals surface area contributed by atoms with Crippen molar-refractivity contribution in [1.29, 1.82) is 0 Å². The van der Waals surface area contributed by atoms with Gasteiger partial charge in [0.1, 0.15) is 17.7 Å². The Kier molecular flexibility index (Phi) is 15.0. The van der Waals surface area contributed by atoms with Crippen LogP contribution in [0.3, 0.4) is 0 Å². The number of aromatic nitrogens is 1. The lowest BCUT2D eigenvalue weighted by Gasteiger charge is -2.11. The SMILES string of the molecule is CCCCCCCCCCCCCCCCc1sc(-c2cc(Cl)c3c(c2)CC(CNC(=O)/C=C/c2ccc(N)nc2)O3)c(C)c1C. The number of hydrogen-bond donors (Lipinski definition) is 2. The molecule has 0 fully saturated rings. The molecule has 2 aromatic heterocycles. The van der Waals surface area contributed by atoms with Crippen LogP contribution in [0.4, 0.5) is 5.82 Å². The molecular formula is C39H54ClN3O2S. The lowest BCUT2D eigenvalue weighted by atomic mass is 10.0. The minimum atomic E-state index is -0.181. The summed E-state index contributed by atoms with van der Waals surface area (Å²) < 4.78 is 6.16. The van der Waals surface area contributed by atoms with E-state index in [0.717, 1.165) is 28.9 Å². The Bertz CT molecular complexity index is 1420. The standard InChI is InChI=1S/C39H54ClN3O2S/c1-4-5-6-7-8-9-10-11-12-13-14-15-16-17-18-35-28(2)29(3)39(46-35)32-23-31-24-33(45-38(31)34(40)25-32)27-43-37(44)22-20-30-19-21-36(41)42-26-30/h19-23,25-26,33H,4-18,24,27H2,1-3H3,(H2,41,42)(H,43,44)/b22-20+. The van der Waals surface area contributed by atoms with E-state index in [0.29, 0.717) is 23.8 Å². The van der Waals surface area contributed by atoms with Gasteiger partial charge in [-0.15, -0.1) is 11.3 Å². The fourth-order valence-corrected chi connectivity index (χ4v) is 7.87. The largest absolute Gasteiger partial charge is 0.486 e. The number of aryl methyl sites for hydroxylation is 1. The number of carbonyl (C=O) groups is 1. The zero-order valence-electron chi connectivity index (χ0n) is 28.3. The number of thiophene rings is 1. The first-order valence-electron chi connectivity index (χ1n) is 17.6. The summed E-state index contributed by atoms with van der Waals surface area (Å²) in [5, 5.41) is 3.58. The van der Waals surface area contributed by atoms with E-state index in [2.05, 4.69) is 37.1 Å². The summed E-state index contributed by atoms with van der Waals surface area (Å²) in [5.74, 6) is 1.01. The molecule has 3 aromatic rings. The number of unbranched alkanes of at least 4 members (excludes halogenated alkanes) is 13. The number of nitrogens with two attached hydrogens (primary N) is 1. The normalized spacial score (nSPS) is 14.1. The number of anilines is 1. The molecule has 250 valence electrons. The maximum absolute atomic E-state index is 12.4. The Morgan fingerprint density at radius 2 is 1.63 bits per heavy atom. The van der Waals surface area contributed by atoms with Gasteiger partial charge in [-0.1, -0.05) is 102 Å². The van der Waals surface area contributed by atoms with Gasteiger partial charge in [0.2, 0.25) is 5.91 Å². The number of pyridine rings is 1. The maximum Gasteiger partial charge on any atom is 0.244 e. The molecule has 0 aliphatic carbocycles. The van der Waals surface area contributed by atoms with Crippen molar-refractivity contribution in [3.63, 3.8) is 0 Å². The van der Waals surface area contributed by atoms with Gasteiger partial charge < -0.3 is 15.8 Å². The van der Waals surface area contributed by atoms with Crippen LogP contribution in [0, 0.1) is 13.8 Å². The molecule has 4 rings (SSSR count). The van der Waals surface area contributed by atoms with Crippen molar-refractivity contribution in [2.45, 2.75) is 130 Å². The van der Waals surface area contributed by atoms with Crippen LogP contribution in [0.25, 0.3) is 16.5 Å². The Hall–Kier alpha value is -2.83. The van der Waals surface area contributed by atoms with Crippen LogP contribution in [0.2, 0.25) is 5.02 Å². The molecule has 1 aliphatic heterocycles. The van der Waals surface area contributed by atoms with Crippen molar-refractivity contribution in [2.75, 3.05) is 12.3 Å². The number of carbonyl (C=O) groups excluding carboxylic acids is 1. The Labute approximate surface area is 286 Å². The summed E-state index contributed by atoms with van der Waals surface area (Å²) in [6, 6.07) is 7.80. The van der Waals surface area contributed by atoms with Gasteiger partial charge in [0.15, 0.2) is 0 Å². The molecule has 1 amide bonds. The van der Waals surface area contributed by atoms with E-state index >= 15 is 0 Å². The lowest BCUT2D eigenvalue weighted by Crippen LogP contribution is -2.33. The highest BCUT2D eigenvalue weighted by molar-refractivity contribution is 7.15. The summed E-state index contributed by atoms with van der Waals surface area (Å²) in [4.78, 5) is 19.2. The van der Waals surface area contributed by atoms with E-state index in [4.69, 9.17) is 22.1 Å². The Balaban J connectivity index is 1.18. The van der Waals surface area contributed by atoms with Crippen LogP contribution in [-0.2, 0) is 17.6 Å². The van der Waals surface area contributed by atoms with Gasteiger partial charge in [0, 0.05) is 34.0 Å². The molecule has 0 radical (unpaired) electrons. The third-order valence-corrected chi connectivity index (χ3v) is 10.9. The molecule has 3 N–H and O–H groups in total. The number of rotatable bonds is 20. The van der Waals surface area contributed by atoms with E-state index in [1.54, 1.807) is 18.3 Å². The molecule has 1 aliphatic rings. The van der Waals surface area contributed by atoms with Gasteiger partial charge in [0.05, 0.1) is 11.6 Å². The van der Waals surface area contributed by atoms with Crippen molar-refractivity contribution in [2.24, 2.45) is 0 Å². The second kappa shape index (κ2) is 19.1. The smallest absolute Gasteiger partial charge is 0.244 e. The minimum Gasteiger partial charge on any atom is -0.486 e. The van der Waals surface area contributed by atoms with Crippen LogP contribution in [0.15, 0.2) is 36.5 Å². The molecule has 3 heterocycles. The maximum atomic E-state index is 12.4. The van der Waals surface area contributed by atoms with Crippen molar-refractivity contribution in [3.8, 4) is 16.2 Å². The number of nitrogens with one attached hydrogen (secondary N) is 1. The van der Waals surface area contributed by atoms with E-state index < -0.39 is 0 Å². The molecule has 0 saturated carbocycles. The van der Waals surface area contributed by atoms with Crippen molar-refractivity contribution < 1.29 is 9.53 Å². The number of ether oxygens (including phenoxy) is 1. The summed E-state index contributed by atoms with van der Waals surface area (Å²) in [6.07, 6.45) is 26.0. The van der Waals surface area contributed by atoms with E-state index in [1.807, 2.05) is 23.5 Å². The number of nitrogen functional groups attached to an aromatic ring is 1. The number of halogens is 1. The van der Waals surface area contributed by atoms with E-state index in [1.165, 1.54) is 117 Å². The van der Waals surface area contributed by atoms with E-state index in [-0.39, 0.29) is 12.0 Å². The second-order valence-electron chi connectivity index (χ2n) is 12.9. The highest BCUT2D eigenvalue weighted by Gasteiger charge is 2.27. The summed E-state index contributed by atoms with van der Waals surface area (Å²) in [5.41, 5.74) is 11.5. The minimum absolute atomic E-state index is 0.152. The molecule has 46 heavy (non-hydrogen) atoms. The van der Waals surface area contributed by atoms with Crippen molar-refractivity contribution in [3.05, 3.63) is 68.7 Å². The zero-order chi connectivity index (χ0) is 32.7. The average Bonchev–Trinajstić information content (AvgIpc) is 3.60. The summed E-state index contributed by atoms with van der Waals surface area (Å²) >= 11 is 8.67. The number of amides is 1. The van der Waals surface area contributed by atoms with E-state index in [9.17, 15) is 4.79 Å². The topological polar surface area (TPSA) is 77.2 Å². The fourth-order valence-electron chi connectivity index (χ4n) is 6.24. The first kappa shape index (κ1) is 36.0. The third-order valence-electron chi connectivity index (χ3n) is 9.16. The molecule has 1 aromatic carbocycles. The average molecular weight is 664 g/mol. The molecule has 7 heteroatoms. The van der Waals surface area contributed by atoms with Crippen LogP contribution in [-0.4, -0.2) is 23.5 Å². The predicted molar refractivity (Wildman–Crippen MR) is 197 cm³/mol. The molecule has 1 atom stereocenters. The highest BCUT2D eigenvalue weighted by atomic mass is 35.5. The molecular weight excluding hydrogens is 610 g/mol. The second-order valence-corrected chi connectivity index (χ2v) is 14.4. The molecule has 0 spiro atoms. The van der Waals surface area contributed by atoms with Crippen LogP contribution in [0.5, 0.6) is 5.75 Å².